The number of carboxylic acid groups (broad SMARTS) is 1. The summed E-state index contributed by atoms with van der Waals surface area (Å²) in [6.45, 7) is 2.01. The molecule has 3 aromatic carbocycles. The average Bonchev–Trinajstić information content (AvgIpc) is 3.43. The van der Waals surface area contributed by atoms with Gasteiger partial charge in [0.05, 0.1) is 9.88 Å². The Bertz CT molecular complexity index is 1410. The monoisotopic (exact) mass is 518 g/mol. The van der Waals surface area contributed by atoms with E-state index in [1.165, 1.54) is 11.3 Å². The SMILES string of the molecule is Cc1ncc(-c2ccc(Cl)cc2C[C@H](NC(=O)OCC2c3ccccc3-c3ccccc32)C(=O)O)s1. The van der Waals surface area contributed by atoms with E-state index in [1.54, 1.807) is 18.3 Å². The van der Waals surface area contributed by atoms with Crippen molar-refractivity contribution in [2.75, 3.05) is 6.61 Å². The van der Waals surface area contributed by atoms with Gasteiger partial charge in [0.25, 0.3) is 0 Å². The second kappa shape index (κ2) is 10.1. The number of nitrogens with one attached hydrogen (secondary N) is 1. The summed E-state index contributed by atoms with van der Waals surface area (Å²) in [6, 6.07) is 20.2. The standard InChI is InChI=1S/C28H23ClN2O4S/c1-16-30-14-26(36-16)19-11-10-18(29)12-17(19)13-25(27(32)33)31-28(34)35-15-24-22-8-4-2-6-20(22)21-7-3-5-9-23(21)24/h2-12,14,24-25H,13,15H2,1H3,(H,31,34)(H,32,33)/t25-/m0/s1. The maximum atomic E-state index is 12.7. The van der Waals surface area contributed by atoms with Crippen LogP contribution in [-0.2, 0) is 16.0 Å². The molecule has 0 bridgehead atoms. The molecule has 1 aromatic heterocycles. The van der Waals surface area contributed by atoms with E-state index in [4.69, 9.17) is 16.3 Å². The maximum absolute atomic E-state index is 12.7. The Morgan fingerprint density at radius 2 is 1.72 bits per heavy atom. The number of carbonyl (C=O) groups excluding carboxylic acids is 1. The molecular weight excluding hydrogens is 496 g/mol. The lowest BCUT2D eigenvalue weighted by atomic mass is 9.98. The number of ether oxygens (including phenoxy) is 1. The van der Waals surface area contributed by atoms with Crippen LogP contribution in [0.15, 0.2) is 72.9 Å². The summed E-state index contributed by atoms with van der Waals surface area (Å²) in [6.07, 6.45) is 1.02. The summed E-state index contributed by atoms with van der Waals surface area (Å²) in [4.78, 5) is 30.0. The molecule has 0 saturated carbocycles. The zero-order valence-electron chi connectivity index (χ0n) is 19.4. The molecule has 182 valence electrons. The molecule has 0 saturated heterocycles. The number of hydrogen-bond acceptors (Lipinski definition) is 5. The van der Waals surface area contributed by atoms with Crippen molar-refractivity contribution in [3.05, 3.63) is 99.6 Å². The fourth-order valence-corrected chi connectivity index (χ4v) is 5.69. The molecule has 2 N–H and O–H groups in total. The third-order valence-electron chi connectivity index (χ3n) is 6.31. The first-order valence-corrected chi connectivity index (χ1v) is 12.7. The summed E-state index contributed by atoms with van der Waals surface area (Å²) >= 11 is 7.72. The molecule has 0 unspecified atom stereocenters. The van der Waals surface area contributed by atoms with E-state index in [9.17, 15) is 14.7 Å². The van der Waals surface area contributed by atoms with Crippen LogP contribution in [0.25, 0.3) is 21.6 Å². The van der Waals surface area contributed by atoms with E-state index >= 15 is 0 Å². The van der Waals surface area contributed by atoms with Crippen molar-refractivity contribution in [2.24, 2.45) is 0 Å². The molecule has 0 aliphatic heterocycles. The minimum atomic E-state index is -1.19. The molecule has 0 fully saturated rings. The van der Waals surface area contributed by atoms with Crippen molar-refractivity contribution in [3.8, 4) is 21.6 Å². The van der Waals surface area contributed by atoms with Gasteiger partial charge in [0, 0.05) is 23.6 Å². The number of nitrogens with zero attached hydrogens (tertiary/aromatic N) is 1. The van der Waals surface area contributed by atoms with Crippen LogP contribution >= 0.6 is 22.9 Å². The number of rotatable bonds is 7. The number of carboxylic acids is 1. The van der Waals surface area contributed by atoms with Gasteiger partial charge < -0.3 is 15.2 Å². The molecule has 1 atom stereocenters. The van der Waals surface area contributed by atoms with Crippen LogP contribution in [-0.4, -0.2) is 34.8 Å². The van der Waals surface area contributed by atoms with E-state index in [2.05, 4.69) is 22.4 Å². The Kier molecular flexibility index (Phi) is 6.76. The quantitative estimate of drug-likeness (QED) is 0.299. The number of halogens is 1. The van der Waals surface area contributed by atoms with Gasteiger partial charge in [-0.1, -0.05) is 66.2 Å². The Labute approximate surface area is 217 Å². The highest BCUT2D eigenvalue weighted by molar-refractivity contribution is 7.15. The Morgan fingerprint density at radius 3 is 2.33 bits per heavy atom. The number of fused-ring (bicyclic) bond motifs is 3. The zero-order chi connectivity index (χ0) is 25.2. The lowest BCUT2D eigenvalue weighted by Gasteiger charge is -2.18. The van der Waals surface area contributed by atoms with E-state index in [1.807, 2.05) is 49.4 Å². The highest BCUT2D eigenvalue weighted by Gasteiger charge is 2.30. The molecule has 6 nitrogen and oxygen atoms in total. The fourth-order valence-electron chi connectivity index (χ4n) is 4.66. The number of amides is 1. The van der Waals surface area contributed by atoms with Crippen molar-refractivity contribution in [2.45, 2.75) is 25.3 Å². The molecule has 1 heterocycles. The molecule has 1 aliphatic rings. The number of aliphatic carboxylic acids is 1. The first-order valence-electron chi connectivity index (χ1n) is 11.5. The second-order valence-electron chi connectivity index (χ2n) is 8.61. The molecular formula is C28H23ClN2O4S. The maximum Gasteiger partial charge on any atom is 0.407 e. The number of thiazole rings is 1. The highest BCUT2D eigenvalue weighted by Crippen LogP contribution is 2.44. The summed E-state index contributed by atoms with van der Waals surface area (Å²) < 4.78 is 5.55. The third-order valence-corrected chi connectivity index (χ3v) is 7.49. The molecule has 1 amide bonds. The van der Waals surface area contributed by atoms with Crippen LogP contribution in [0.5, 0.6) is 0 Å². The largest absolute Gasteiger partial charge is 0.480 e. The first-order chi connectivity index (χ1) is 17.4. The van der Waals surface area contributed by atoms with Crippen LogP contribution in [0.2, 0.25) is 5.02 Å². The number of hydrogen-bond donors (Lipinski definition) is 2. The van der Waals surface area contributed by atoms with Gasteiger partial charge in [-0.05, 0) is 52.4 Å². The van der Waals surface area contributed by atoms with Gasteiger partial charge in [0.15, 0.2) is 0 Å². The molecule has 36 heavy (non-hydrogen) atoms. The van der Waals surface area contributed by atoms with Crippen molar-refractivity contribution in [1.29, 1.82) is 0 Å². The van der Waals surface area contributed by atoms with E-state index < -0.39 is 18.1 Å². The van der Waals surface area contributed by atoms with Gasteiger partial charge in [-0.15, -0.1) is 11.3 Å². The number of aromatic nitrogens is 1. The van der Waals surface area contributed by atoms with Crippen molar-refractivity contribution < 1.29 is 19.4 Å². The average molecular weight is 519 g/mol. The van der Waals surface area contributed by atoms with Gasteiger partial charge in [0.2, 0.25) is 0 Å². The fraction of sp³-hybridized carbons (Fsp3) is 0.179. The molecule has 1 aliphatic carbocycles. The predicted octanol–water partition coefficient (Wildman–Crippen LogP) is 6.31. The van der Waals surface area contributed by atoms with Crippen LogP contribution in [0.1, 0.15) is 27.6 Å². The Balaban J connectivity index is 1.31. The van der Waals surface area contributed by atoms with E-state index in [0.29, 0.717) is 10.6 Å². The molecule has 4 aromatic rings. The predicted molar refractivity (Wildman–Crippen MR) is 141 cm³/mol. The van der Waals surface area contributed by atoms with Gasteiger partial charge in [-0.2, -0.15) is 0 Å². The minimum Gasteiger partial charge on any atom is -0.480 e. The summed E-state index contributed by atoms with van der Waals surface area (Å²) in [7, 11) is 0. The summed E-state index contributed by atoms with van der Waals surface area (Å²) in [5.74, 6) is -1.27. The molecule has 0 radical (unpaired) electrons. The first kappa shape index (κ1) is 24.0. The normalized spacial score (nSPS) is 13.1. The third kappa shape index (κ3) is 4.85. The lowest BCUT2D eigenvalue weighted by molar-refractivity contribution is -0.139. The van der Waals surface area contributed by atoms with Crippen LogP contribution in [0.3, 0.4) is 0 Å². The zero-order valence-corrected chi connectivity index (χ0v) is 21.0. The van der Waals surface area contributed by atoms with Gasteiger partial charge in [-0.25, -0.2) is 14.6 Å². The summed E-state index contributed by atoms with van der Waals surface area (Å²) in [5.41, 5.74) is 5.96. The number of alkyl carbamates (subject to hydrolysis) is 1. The van der Waals surface area contributed by atoms with Crippen molar-refractivity contribution in [3.63, 3.8) is 0 Å². The Morgan fingerprint density at radius 1 is 1.06 bits per heavy atom. The van der Waals surface area contributed by atoms with Crippen LogP contribution < -0.4 is 5.32 Å². The van der Waals surface area contributed by atoms with Gasteiger partial charge in [-0.3, -0.25) is 0 Å². The number of benzene rings is 3. The van der Waals surface area contributed by atoms with Crippen molar-refractivity contribution >= 4 is 35.0 Å². The summed E-state index contributed by atoms with van der Waals surface area (Å²) in [5, 5.41) is 13.8. The minimum absolute atomic E-state index is 0.0480. The molecule has 8 heteroatoms. The van der Waals surface area contributed by atoms with E-state index in [0.717, 1.165) is 37.7 Å². The van der Waals surface area contributed by atoms with Crippen molar-refractivity contribution in [1.82, 2.24) is 10.3 Å². The van der Waals surface area contributed by atoms with Crippen LogP contribution in [0.4, 0.5) is 4.79 Å². The highest BCUT2D eigenvalue weighted by atomic mass is 35.5. The number of aryl methyl sites for hydroxylation is 1. The molecule has 5 rings (SSSR count). The smallest absolute Gasteiger partial charge is 0.407 e. The van der Waals surface area contributed by atoms with E-state index in [-0.39, 0.29) is 18.9 Å². The second-order valence-corrected chi connectivity index (χ2v) is 10.3. The number of carbonyl (C=O) groups is 2. The Hall–Kier alpha value is -3.68. The molecule has 0 spiro atoms. The topological polar surface area (TPSA) is 88.5 Å². The van der Waals surface area contributed by atoms with Crippen LogP contribution in [0, 0.1) is 6.92 Å². The lowest BCUT2D eigenvalue weighted by Crippen LogP contribution is -2.43. The van der Waals surface area contributed by atoms with Gasteiger partial charge in [0.1, 0.15) is 12.6 Å². The van der Waals surface area contributed by atoms with Gasteiger partial charge >= 0.3 is 12.1 Å².